The van der Waals surface area contributed by atoms with E-state index >= 15 is 0 Å². The smallest absolute Gasteiger partial charge is 0.243 e. The maximum atomic E-state index is 14.4. The summed E-state index contributed by atoms with van der Waals surface area (Å²) in [6, 6.07) is 21.9. The number of hydrogen-bond donors (Lipinski definition) is 1. The highest BCUT2D eigenvalue weighted by molar-refractivity contribution is 9.10. The van der Waals surface area contributed by atoms with Gasteiger partial charge in [-0.05, 0) is 48.2 Å². The van der Waals surface area contributed by atoms with Crippen LogP contribution < -0.4 is 9.62 Å². The molecular formula is C30H35BrFN3O4S. The Hall–Kier alpha value is -3.24. The van der Waals surface area contributed by atoms with E-state index in [1.165, 1.54) is 18.2 Å². The number of anilines is 1. The van der Waals surface area contributed by atoms with Crippen molar-refractivity contribution in [2.75, 3.05) is 23.7 Å². The van der Waals surface area contributed by atoms with Crippen LogP contribution in [-0.4, -0.2) is 50.5 Å². The van der Waals surface area contributed by atoms with Gasteiger partial charge < -0.3 is 10.2 Å². The average Bonchev–Trinajstić information content (AvgIpc) is 2.92. The second-order valence-electron chi connectivity index (χ2n) is 9.54. The predicted octanol–water partition coefficient (Wildman–Crippen LogP) is 5.30. The Labute approximate surface area is 244 Å². The molecule has 0 aliphatic rings. The van der Waals surface area contributed by atoms with E-state index in [0.29, 0.717) is 13.0 Å². The Bertz CT molecular complexity index is 1390. The summed E-state index contributed by atoms with van der Waals surface area (Å²) >= 11 is 3.47. The third-order valence-electron chi connectivity index (χ3n) is 6.34. The van der Waals surface area contributed by atoms with Crippen molar-refractivity contribution in [1.82, 2.24) is 10.2 Å². The lowest BCUT2D eigenvalue weighted by Gasteiger charge is -2.32. The van der Waals surface area contributed by atoms with Crippen LogP contribution in [0.25, 0.3) is 0 Å². The first-order chi connectivity index (χ1) is 19.1. The van der Waals surface area contributed by atoms with E-state index in [0.717, 1.165) is 32.6 Å². The summed E-state index contributed by atoms with van der Waals surface area (Å²) in [5.74, 6) is -1.21. The molecule has 0 radical (unpaired) electrons. The molecule has 7 nitrogen and oxygen atoms in total. The highest BCUT2D eigenvalue weighted by Gasteiger charge is 2.30. The number of sulfonamides is 1. The molecule has 3 aromatic rings. The maximum Gasteiger partial charge on any atom is 0.243 e. The van der Waals surface area contributed by atoms with E-state index in [-0.39, 0.29) is 43.4 Å². The lowest BCUT2D eigenvalue weighted by molar-refractivity contribution is -0.141. The van der Waals surface area contributed by atoms with Crippen LogP contribution in [0.4, 0.5) is 10.1 Å². The number of nitrogens with zero attached hydrogens (tertiary/aromatic N) is 2. The molecule has 40 heavy (non-hydrogen) atoms. The zero-order valence-electron chi connectivity index (χ0n) is 22.7. The van der Waals surface area contributed by atoms with Crippen LogP contribution in [0.3, 0.4) is 0 Å². The molecule has 0 aromatic heterocycles. The molecule has 1 atom stereocenters. The van der Waals surface area contributed by atoms with Gasteiger partial charge in [-0.1, -0.05) is 77.5 Å². The van der Waals surface area contributed by atoms with Gasteiger partial charge in [0.15, 0.2) is 0 Å². The summed E-state index contributed by atoms with van der Waals surface area (Å²) in [6.45, 7) is 2.55. The van der Waals surface area contributed by atoms with Gasteiger partial charge >= 0.3 is 0 Å². The van der Waals surface area contributed by atoms with E-state index in [4.69, 9.17) is 0 Å². The Morgan fingerprint density at radius 1 is 0.975 bits per heavy atom. The Morgan fingerprint density at radius 2 is 1.65 bits per heavy atom. The summed E-state index contributed by atoms with van der Waals surface area (Å²) in [5.41, 5.74) is 1.69. The summed E-state index contributed by atoms with van der Waals surface area (Å²) in [5, 5.41) is 2.94. The van der Waals surface area contributed by atoms with E-state index in [2.05, 4.69) is 21.2 Å². The predicted molar refractivity (Wildman–Crippen MR) is 160 cm³/mol. The first kappa shape index (κ1) is 31.3. The molecule has 2 amide bonds. The largest absolute Gasteiger partial charge is 0.354 e. The standard InChI is InChI=1S/C30H35BrFN3O4S/c1-3-18-33-30(37)28(21-23-11-5-4-6-12-23)34(22-24-13-9-14-25(31)20-24)29(36)17-10-19-35(40(2,38)39)27-16-8-7-15-26(27)32/h4-9,11-16,20,28H,3,10,17-19,21-22H2,1-2H3,(H,33,37)/t28-/m1/s1. The highest BCUT2D eigenvalue weighted by atomic mass is 79.9. The van der Waals surface area contributed by atoms with Crippen molar-refractivity contribution in [3.63, 3.8) is 0 Å². The van der Waals surface area contributed by atoms with Gasteiger partial charge in [-0.2, -0.15) is 0 Å². The van der Waals surface area contributed by atoms with E-state index < -0.39 is 21.9 Å². The molecule has 10 heteroatoms. The molecule has 214 valence electrons. The number of amides is 2. The number of hydrogen-bond acceptors (Lipinski definition) is 4. The number of nitrogens with one attached hydrogen (secondary N) is 1. The summed E-state index contributed by atoms with van der Waals surface area (Å²) in [6.07, 6.45) is 2.20. The van der Waals surface area contributed by atoms with E-state index in [9.17, 15) is 22.4 Å². The van der Waals surface area contributed by atoms with Gasteiger partial charge in [-0.25, -0.2) is 12.8 Å². The zero-order chi connectivity index (χ0) is 29.1. The number of benzene rings is 3. The van der Waals surface area contributed by atoms with Crippen LogP contribution in [0.15, 0.2) is 83.3 Å². The van der Waals surface area contributed by atoms with Crippen LogP contribution >= 0.6 is 15.9 Å². The molecular weight excluding hydrogens is 597 g/mol. The molecule has 0 fully saturated rings. The molecule has 3 aromatic carbocycles. The zero-order valence-corrected chi connectivity index (χ0v) is 25.1. The van der Waals surface area contributed by atoms with Crippen LogP contribution in [-0.2, 0) is 32.6 Å². The lowest BCUT2D eigenvalue weighted by Crippen LogP contribution is -2.50. The quantitative estimate of drug-likeness (QED) is 0.262. The fourth-order valence-corrected chi connectivity index (χ4v) is 5.80. The number of para-hydroxylation sites is 1. The summed E-state index contributed by atoms with van der Waals surface area (Å²) in [4.78, 5) is 28.7. The van der Waals surface area contributed by atoms with Crippen molar-refractivity contribution in [1.29, 1.82) is 0 Å². The summed E-state index contributed by atoms with van der Waals surface area (Å²) < 4.78 is 41.2. The van der Waals surface area contributed by atoms with Gasteiger partial charge in [0, 0.05) is 36.9 Å². The van der Waals surface area contributed by atoms with Crippen molar-refractivity contribution in [2.24, 2.45) is 0 Å². The molecule has 0 aliphatic carbocycles. The van der Waals surface area contributed by atoms with Gasteiger partial charge in [0.1, 0.15) is 11.9 Å². The van der Waals surface area contributed by atoms with Crippen LogP contribution in [0.1, 0.15) is 37.3 Å². The number of rotatable bonds is 14. The molecule has 0 heterocycles. The van der Waals surface area contributed by atoms with Crippen LogP contribution in [0.5, 0.6) is 0 Å². The normalized spacial score (nSPS) is 12.0. The Kier molecular flexibility index (Phi) is 11.7. The first-order valence-electron chi connectivity index (χ1n) is 13.2. The van der Waals surface area contributed by atoms with Crippen molar-refractivity contribution in [3.05, 3.63) is 100 Å². The van der Waals surface area contributed by atoms with Crippen molar-refractivity contribution in [3.8, 4) is 0 Å². The molecule has 0 spiro atoms. The van der Waals surface area contributed by atoms with Crippen molar-refractivity contribution in [2.45, 2.75) is 45.2 Å². The van der Waals surface area contributed by atoms with E-state index in [1.54, 1.807) is 11.0 Å². The number of carbonyl (C=O) groups excluding carboxylic acids is 2. The third-order valence-corrected chi connectivity index (χ3v) is 8.01. The van der Waals surface area contributed by atoms with Crippen LogP contribution in [0, 0.1) is 5.82 Å². The molecule has 0 bridgehead atoms. The lowest BCUT2D eigenvalue weighted by atomic mass is 10.0. The SMILES string of the molecule is CCCNC(=O)[C@@H](Cc1ccccc1)N(Cc1cccc(Br)c1)C(=O)CCCN(c1ccccc1F)S(C)(=O)=O. The topological polar surface area (TPSA) is 86.8 Å². The van der Waals surface area contributed by atoms with Crippen molar-refractivity contribution >= 4 is 43.5 Å². The van der Waals surface area contributed by atoms with Crippen LogP contribution in [0.2, 0.25) is 0 Å². The molecule has 0 saturated carbocycles. The minimum Gasteiger partial charge on any atom is -0.354 e. The molecule has 1 N–H and O–H groups in total. The van der Waals surface area contributed by atoms with Gasteiger partial charge in [-0.3, -0.25) is 13.9 Å². The third kappa shape index (κ3) is 9.16. The van der Waals surface area contributed by atoms with Gasteiger partial charge in [0.05, 0.1) is 11.9 Å². The Morgan fingerprint density at radius 3 is 2.30 bits per heavy atom. The average molecular weight is 633 g/mol. The molecule has 0 aliphatic heterocycles. The van der Waals surface area contributed by atoms with Gasteiger partial charge in [-0.15, -0.1) is 0 Å². The molecule has 3 rings (SSSR count). The maximum absolute atomic E-state index is 14.4. The second kappa shape index (κ2) is 14.9. The number of halogens is 2. The minimum absolute atomic E-state index is 0.0270. The fraction of sp³-hybridized carbons (Fsp3) is 0.333. The Balaban J connectivity index is 1.88. The molecule has 0 saturated heterocycles. The minimum atomic E-state index is -3.79. The van der Waals surface area contributed by atoms with Gasteiger partial charge in [0.25, 0.3) is 0 Å². The highest BCUT2D eigenvalue weighted by Crippen LogP contribution is 2.23. The molecule has 0 unspecified atom stereocenters. The second-order valence-corrected chi connectivity index (χ2v) is 12.4. The van der Waals surface area contributed by atoms with Crippen molar-refractivity contribution < 1.29 is 22.4 Å². The fourth-order valence-electron chi connectivity index (χ4n) is 4.39. The first-order valence-corrected chi connectivity index (χ1v) is 15.8. The number of carbonyl (C=O) groups is 2. The summed E-state index contributed by atoms with van der Waals surface area (Å²) in [7, 11) is -3.79. The van der Waals surface area contributed by atoms with Gasteiger partial charge in [0.2, 0.25) is 21.8 Å². The van der Waals surface area contributed by atoms with E-state index in [1.807, 2.05) is 61.5 Å². The monoisotopic (exact) mass is 631 g/mol.